The van der Waals surface area contributed by atoms with E-state index in [0.29, 0.717) is 32.2 Å². The number of nitro benzene ring substituents is 1. The molecular formula is C15H19N3O5. The number of amides is 1. The lowest BCUT2D eigenvalue weighted by molar-refractivity contribution is -0.384. The Balaban J connectivity index is 1.59. The Morgan fingerprint density at radius 2 is 1.91 bits per heavy atom. The summed E-state index contributed by atoms with van der Waals surface area (Å²) < 4.78 is 0. The zero-order chi connectivity index (χ0) is 16.8. The fourth-order valence-corrected chi connectivity index (χ4v) is 2.42. The van der Waals surface area contributed by atoms with Crippen molar-refractivity contribution in [3.8, 4) is 0 Å². The number of carboxylic acids is 1. The summed E-state index contributed by atoms with van der Waals surface area (Å²) in [5, 5.41) is 25.2. The van der Waals surface area contributed by atoms with Gasteiger partial charge in [-0.15, -0.1) is 0 Å². The van der Waals surface area contributed by atoms with E-state index in [1.165, 1.54) is 12.1 Å². The number of anilines is 1. The average molecular weight is 321 g/mol. The lowest BCUT2D eigenvalue weighted by Gasteiger charge is -2.32. The van der Waals surface area contributed by atoms with Crippen LogP contribution in [0.25, 0.3) is 0 Å². The zero-order valence-electron chi connectivity index (χ0n) is 12.5. The number of hydrogen-bond donors (Lipinski definition) is 3. The first kappa shape index (κ1) is 16.7. The van der Waals surface area contributed by atoms with Crippen molar-refractivity contribution < 1.29 is 19.6 Å². The van der Waals surface area contributed by atoms with Gasteiger partial charge in [-0.3, -0.25) is 19.7 Å². The van der Waals surface area contributed by atoms with E-state index >= 15 is 0 Å². The Hall–Kier alpha value is -2.64. The number of non-ortho nitro benzene ring substituents is 1. The van der Waals surface area contributed by atoms with Crippen LogP contribution in [0.15, 0.2) is 24.3 Å². The van der Waals surface area contributed by atoms with Crippen molar-refractivity contribution in [1.82, 2.24) is 5.32 Å². The van der Waals surface area contributed by atoms with Crippen molar-refractivity contribution >= 4 is 23.3 Å². The Kier molecular flexibility index (Phi) is 5.51. The predicted octanol–water partition coefficient (Wildman–Crippen LogP) is 1.77. The second-order valence-electron chi connectivity index (χ2n) is 5.61. The summed E-state index contributed by atoms with van der Waals surface area (Å²) in [4.78, 5) is 32.4. The van der Waals surface area contributed by atoms with Gasteiger partial charge in [-0.05, 0) is 31.4 Å². The van der Waals surface area contributed by atoms with Gasteiger partial charge in [-0.1, -0.05) is 0 Å². The lowest BCUT2D eigenvalue weighted by Crippen LogP contribution is -2.46. The van der Waals surface area contributed by atoms with Gasteiger partial charge in [0.1, 0.15) is 0 Å². The van der Waals surface area contributed by atoms with Crippen molar-refractivity contribution in [3.63, 3.8) is 0 Å². The molecule has 8 heteroatoms. The summed E-state index contributed by atoms with van der Waals surface area (Å²) in [5.41, 5.74) is 0.800. The molecule has 1 saturated carbocycles. The number of aliphatic carboxylic acids is 1. The van der Waals surface area contributed by atoms with E-state index in [0.717, 1.165) is 5.69 Å². The van der Waals surface area contributed by atoms with Crippen molar-refractivity contribution in [2.75, 3.05) is 11.9 Å². The largest absolute Gasteiger partial charge is 0.481 e. The molecule has 3 N–H and O–H groups in total. The fourth-order valence-electron chi connectivity index (χ4n) is 2.42. The lowest BCUT2D eigenvalue weighted by atomic mass is 9.80. The number of benzene rings is 1. The van der Waals surface area contributed by atoms with E-state index in [1.54, 1.807) is 12.1 Å². The molecule has 0 aromatic heterocycles. The van der Waals surface area contributed by atoms with Gasteiger partial charge in [-0.25, -0.2) is 0 Å². The van der Waals surface area contributed by atoms with Crippen LogP contribution in [0.5, 0.6) is 0 Å². The van der Waals surface area contributed by atoms with Crippen molar-refractivity contribution in [1.29, 1.82) is 0 Å². The van der Waals surface area contributed by atoms with Crippen molar-refractivity contribution in [2.24, 2.45) is 5.92 Å². The minimum atomic E-state index is -0.803. The molecule has 0 unspecified atom stereocenters. The highest BCUT2D eigenvalue weighted by molar-refractivity contribution is 5.77. The molecule has 1 amide bonds. The number of rotatable bonds is 8. The van der Waals surface area contributed by atoms with Gasteiger partial charge in [0.25, 0.3) is 5.69 Å². The standard InChI is InChI=1S/C15H19N3O5/c19-14(17-12-8-10(9-12)15(20)21)2-1-7-16-11-3-5-13(6-4-11)18(22)23/h3-6,10,12,16H,1-2,7-9H2,(H,17,19)(H,20,21). The quantitative estimate of drug-likeness (QED) is 0.381. The molecule has 0 aliphatic heterocycles. The number of hydrogen-bond acceptors (Lipinski definition) is 5. The first-order valence-corrected chi connectivity index (χ1v) is 7.46. The zero-order valence-corrected chi connectivity index (χ0v) is 12.5. The summed E-state index contributed by atoms with van der Waals surface area (Å²) in [7, 11) is 0. The number of nitrogens with one attached hydrogen (secondary N) is 2. The fraction of sp³-hybridized carbons (Fsp3) is 0.467. The maximum Gasteiger partial charge on any atom is 0.306 e. The molecule has 1 aliphatic carbocycles. The summed E-state index contributed by atoms with van der Waals surface area (Å²) in [5.74, 6) is -1.21. The Morgan fingerprint density at radius 3 is 2.48 bits per heavy atom. The molecule has 1 aliphatic rings. The first-order chi connectivity index (χ1) is 11.0. The van der Waals surface area contributed by atoms with E-state index in [9.17, 15) is 19.7 Å². The Bertz CT molecular complexity index is 581. The molecule has 0 atom stereocenters. The van der Waals surface area contributed by atoms with Crippen LogP contribution in [0, 0.1) is 16.0 Å². The SMILES string of the molecule is O=C(CCCNc1ccc([N+](=O)[O-])cc1)NC1CC(C(=O)O)C1. The number of nitro groups is 1. The Labute approximate surface area is 133 Å². The number of carbonyl (C=O) groups is 2. The minimum Gasteiger partial charge on any atom is -0.481 e. The molecule has 124 valence electrons. The minimum absolute atomic E-state index is 0.0220. The van der Waals surface area contributed by atoms with Crippen LogP contribution in [0.3, 0.4) is 0 Å². The number of carbonyl (C=O) groups excluding carboxylic acids is 1. The summed E-state index contributed by atoms with van der Waals surface area (Å²) in [6.45, 7) is 0.577. The van der Waals surface area contributed by atoms with Gasteiger partial charge < -0.3 is 15.7 Å². The van der Waals surface area contributed by atoms with Crippen LogP contribution in [0.2, 0.25) is 0 Å². The predicted molar refractivity (Wildman–Crippen MR) is 83.1 cm³/mol. The van der Waals surface area contributed by atoms with E-state index in [4.69, 9.17) is 5.11 Å². The van der Waals surface area contributed by atoms with E-state index in [1.807, 2.05) is 0 Å². The monoisotopic (exact) mass is 321 g/mol. The first-order valence-electron chi connectivity index (χ1n) is 7.46. The molecule has 1 aromatic carbocycles. The topological polar surface area (TPSA) is 122 Å². The molecule has 1 aromatic rings. The second kappa shape index (κ2) is 7.57. The number of nitrogens with zero attached hydrogens (tertiary/aromatic N) is 1. The molecule has 0 bridgehead atoms. The Morgan fingerprint density at radius 1 is 1.26 bits per heavy atom. The van der Waals surface area contributed by atoms with E-state index < -0.39 is 10.9 Å². The van der Waals surface area contributed by atoms with Gasteiger partial charge in [0, 0.05) is 36.8 Å². The van der Waals surface area contributed by atoms with E-state index in [-0.39, 0.29) is 23.6 Å². The molecule has 0 saturated heterocycles. The van der Waals surface area contributed by atoms with Gasteiger partial charge in [-0.2, -0.15) is 0 Å². The van der Waals surface area contributed by atoms with Crippen LogP contribution in [-0.2, 0) is 9.59 Å². The second-order valence-corrected chi connectivity index (χ2v) is 5.61. The van der Waals surface area contributed by atoms with Gasteiger partial charge in [0.05, 0.1) is 10.8 Å². The molecule has 0 spiro atoms. The molecule has 8 nitrogen and oxygen atoms in total. The van der Waals surface area contributed by atoms with Crippen molar-refractivity contribution in [3.05, 3.63) is 34.4 Å². The highest BCUT2D eigenvalue weighted by Gasteiger charge is 2.34. The molecule has 0 radical (unpaired) electrons. The molecular weight excluding hydrogens is 302 g/mol. The van der Waals surface area contributed by atoms with Crippen LogP contribution < -0.4 is 10.6 Å². The normalized spacial score (nSPS) is 19.5. The average Bonchev–Trinajstić information content (AvgIpc) is 2.47. The number of carboxylic acid groups (broad SMARTS) is 1. The third kappa shape index (κ3) is 4.94. The maximum atomic E-state index is 11.7. The molecule has 23 heavy (non-hydrogen) atoms. The molecule has 0 heterocycles. The van der Waals surface area contributed by atoms with Gasteiger partial charge in [0.2, 0.25) is 5.91 Å². The van der Waals surface area contributed by atoms with Crippen molar-refractivity contribution in [2.45, 2.75) is 31.7 Å². The van der Waals surface area contributed by atoms with Gasteiger partial charge >= 0.3 is 5.97 Å². The summed E-state index contributed by atoms with van der Waals surface area (Å²) in [6, 6.07) is 6.07. The molecule has 1 fully saturated rings. The third-order valence-corrected chi connectivity index (χ3v) is 3.84. The molecule has 2 rings (SSSR count). The smallest absolute Gasteiger partial charge is 0.306 e. The van der Waals surface area contributed by atoms with Gasteiger partial charge in [0.15, 0.2) is 0 Å². The highest BCUT2D eigenvalue weighted by atomic mass is 16.6. The highest BCUT2D eigenvalue weighted by Crippen LogP contribution is 2.27. The summed E-state index contributed by atoms with van der Waals surface area (Å²) >= 11 is 0. The van der Waals surface area contributed by atoms with Crippen LogP contribution in [0.1, 0.15) is 25.7 Å². The van der Waals surface area contributed by atoms with Crippen LogP contribution in [0.4, 0.5) is 11.4 Å². The third-order valence-electron chi connectivity index (χ3n) is 3.84. The van der Waals surface area contributed by atoms with Crippen LogP contribution in [-0.4, -0.2) is 34.5 Å². The summed E-state index contributed by atoms with van der Waals surface area (Å²) in [6.07, 6.45) is 1.98. The van der Waals surface area contributed by atoms with Crippen LogP contribution >= 0.6 is 0 Å². The maximum absolute atomic E-state index is 11.7. The van der Waals surface area contributed by atoms with E-state index in [2.05, 4.69) is 10.6 Å².